The Morgan fingerprint density at radius 3 is 2.54 bits per heavy atom. The highest BCUT2D eigenvalue weighted by Gasteiger charge is 2.11. The lowest BCUT2D eigenvalue weighted by molar-refractivity contribution is -0.150. The van der Waals surface area contributed by atoms with Crippen LogP contribution in [0.25, 0.3) is 0 Å². The van der Waals surface area contributed by atoms with Crippen LogP contribution in [0.15, 0.2) is 24.3 Å². The Morgan fingerprint density at radius 2 is 1.88 bits per heavy atom. The maximum absolute atomic E-state index is 11.5. The van der Waals surface area contributed by atoms with E-state index in [1.165, 1.54) is 0 Å². The minimum absolute atomic E-state index is 0.0272. The number of rotatable bonds is 8. The lowest BCUT2D eigenvalue weighted by atomic mass is 10.2. The summed E-state index contributed by atoms with van der Waals surface area (Å²) in [5, 5.41) is 13.8. The number of hydrogen-bond acceptors (Lipinski definition) is 6. The van der Waals surface area contributed by atoms with E-state index in [-0.39, 0.29) is 24.2 Å². The summed E-state index contributed by atoms with van der Waals surface area (Å²) in [6, 6.07) is 8.34. The third-order valence-electron chi connectivity index (χ3n) is 2.61. The van der Waals surface area contributed by atoms with Gasteiger partial charge in [-0.2, -0.15) is 5.26 Å². The van der Waals surface area contributed by atoms with E-state index in [9.17, 15) is 14.4 Å². The second kappa shape index (κ2) is 9.84. The first-order valence-electron chi connectivity index (χ1n) is 7.26. The molecule has 0 aliphatic carbocycles. The number of benzene rings is 1. The number of carbonyl (C=O) groups is 3. The van der Waals surface area contributed by atoms with Crippen molar-refractivity contribution < 1.29 is 23.9 Å². The number of nitrogens with one attached hydrogen (secondary N) is 2. The highest BCUT2D eigenvalue weighted by atomic mass is 16.6. The summed E-state index contributed by atoms with van der Waals surface area (Å²) in [6.45, 7) is 2.45. The van der Waals surface area contributed by atoms with E-state index in [0.29, 0.717) is 5.56 Å². The topological polar surface area (TPSA) is 118 Å². The van der Waals surface area contributed by atoms with Gasteiger partial charge in [0, 0.05) is 6.04 Å². The average Bonchev–Trinajstić information content (AvgIpc) is 2.55. The number of esters is 1. The minimum Gasteiger partial charge on any atom is -0.481 e. The first kappa shape index (κ1) is 19.0. The predicted octanol–water partition coefficient (Wildman–Crippen LogP) is 0.121. The third kappa shape index (κ3) is 7.26. The van der Waals surface area contributed by atoms with Crippen molar-refractivity contribution in [3.63, 3.8) is 0 Å². The maximum atomic E-state index is 11.5. The molecule has 0 bridgehead atoms. The summed E-state index contributed by atoms with van der Waals surface area (Å²) in [7, 11) is 0. The Hall–Kier alpha value is -3.08. The van der Waals surface area contributed by atoms with Crippen molar-refractivity contribution in [3.8, 4) is 11.8 Å². The maximum Gasteiger partial charge on any atom is 0.344 e. The summed E-state index contributed by atoms with van der Waals surface area (Å²) in [5.74, 6) is -1.43. The fourth-order valence-electron chi connectivity index (χ4n) is 1.61. The standard InChI is InChI=1S/C16H19N3O5/c1-11(2)19-14(20)8-18-15(21)9-24-16(22)10-23-13-6-4-3-5-12(13)7-17/h3-6,11H,8-10H2,1-2H3,(H,18,21)(H,19,20). The Bertz CT molecular complexity index is 637. The fraction of sp³-hybridized carbons (Fsp3) is 0.375. The fourth-order valence-corrected chi connectivity index (χ4v) is 1.61. The SMILES string of the molecule is CC(C)NC(=O)CNC(=O)COC(=O)COc1ccccc1C#N. The predicted molar refractivity (Wildman–Crippen MR) is 83.9 cm³/mol. The van der Waals surface area contributed by atoms with Crippen LogP contribution in [0.3, 0.4) is 0 Å². The normalized spacial score (nSPS) is 9.75. The molecule has 0 saturated carbocycles. The second-order valence-corrected chi connectivity index (χ2v) is 5.06. The second-order valence-electron chi connectivity index (χ2n) is 5.06. The van der Waals surface area contributed by atoms with Crippen molar-refractivity contribution in [3.05, 3.63) is 29.8 Å². The number of carbonyl (C=O) groups excluding carboxylic acids is 3. The van der Waals surface area contributed by atoms with Crippen molar-refractivity contribution in [1.29, 1.82) is 5.26 Å². The van der Waals surface area contributed by atoms with Crippen LogP contribution in [-0.4, -0.2) is 43.6 Å². The molecule has 24 heavy (non-hydrogen) atoms. The molecule has 0 fully saturated rings. The molecule has 2 amide bonds. The molecular formula is C16H19N3O5. The molecule has 8 heteroatoms. The first-order chi connectivity index (χ1) is 11.4. The zero-order valence-electron chi connectivity index (χ0n) is 13.5. The lowest BCUT2D eigenvalue weighted by Gasteiger charge is -2.10. The van der Waals surface area contributed by atoms with Gasteiger partial charge in [0.2, 0.25) is 5.91 Å². The molecule has 0 unspecified atom stereocenters. The number of amides is 2. The van der Waals surface area contributed by atoms with Gasteiger partial charge in [0.1, 0.15) is 11.8 Å². The van der Waals surface area contributed by atoms with E-state index < -0.39 is 25.1 Å². The first-order valence-corrected chi connectivity index (χ1v) is 7.26. The van der Waals surface area contributed by atoms with Crippen LogP contribution in [0.1, 0.15) is 19.4 Å². The van der Waals surface area contributed by atoms with Gasteiger partial charge >= 0.3 is 5.97 Å². The van der Waals surface area contributed by atoms with E-state index in [0.717, 1.165) is 0 Å². The van der Waals surface area contributed by atoms with Crippen LogP contribution >= 0.6 is 0 Å². The minimum atomic E-state index is -0.760. The van der Waals surface area contributed by atoms with Gasteiger partial charge in [-0.25, -0.2) is 4.79 Å². The molecule has 0 spiro atoms. The molecule has 1 rings (SSSR count). The van der Waals surface area contributed by atoms with Crippen LogP contribution in [0.5, 0.6) is 5.75 Å². The number of para-hydroxylation sites is 1. The smallest absolute Gasteiger partial charge is 0.344 e. The van der Waals surface area contributed by atoms with Gasteiger partial charge in [0.05, 0.1) is 12.1 Å². The van der Waals surface area contributed by atoms with Gasteiger partial charge in [0.25, 0.3) is 5.91 Å². The van der Waals surface area contributed by atoms with Crippen molar-refractivity contribution >= 4 is 17.8 Å². The zero-order valence-corrected chi connectivity index (χ0v) is 13.5. The van der Waals surface area contributed by atoms with Crippen molar-refractivity contribution in [2.24, 2.45) is 0 Å². The van der Waals surface area contributed by atoms with Crippen LogP contribution < -0.4 is 15.4 Å². The summed E-state index contributed by atoms with van der Waals surface area (Å²) in [6.07, 6.45) is 0. The summed E-state index contributed by atoms with van der Waals surface area (Å²) < 4.78 is 9.89. The Kier molecular flexibility index (Phi) is 7.78. The molecule has 0 aliphatic rings. The molecule has 0 heterocycles. The molecule has 0 aliphatic heterocycles. The molecule has 8 nitrogen and oxygen atoms in total. The van der Waals surface area contributed by atoms with E-state index in [1.54, 1.807) is 38.1 Å². The van der Waals surface area contributed by atoms with Crippen molar-refractivity contribution in [2.45, 2.75) is 19.9 Å². The molecule has 0 saturated heterocycles. The molecule has 1 aromatic rings. The summed E-state index contributed by atoms with van der Waals surface area (Å²) >= 11 is 0. The molecule has 1 aromatic carbocycles. The van der Waals surface area contributed by atoms with Gasteiger partial charge in [0.15, 0.2) is 13.2 Å². The highest BCUT2D eigenvalue weighted by Crippen LogP contribution is 2.16. The quantitative estimate of drug-likeness (QED) is 0.653. The molecule has 2 N–H and O–H groups in total. The molecular weight excluding hydrogens is 314 g/mol. The monoisotopic (exact) mass is 333 g/mol. The zero-order chi connectivity index (χ0) is 17.9. The number of hydrogen-bond donors (Lipinski definition) is 2. The Labute approximate surface area is 139 Å². The van der Waals surface area contributed by atoms with Crippen molar-refractivity contribution in [1.82, 2.24) is 10.6 Å². The third-order valence-corrected chi connectivity index (χ3v) is 2.61. The van der Waals surface area contributed by atoms with Gasteiger partial charge < -0.3 is 20.1 Å². The summed E-state index contributed by atoms with van der Waals surface area (Å²) in [5.41, 5.74) is 0.291. The number of nitriles is 1. The van der Waals surface area contributed by atoms with Gasteiger partial charge in [-0.05, 0) is 26.0 Å². The molecule has 128 valence electrons. The van der Waals surface area contributed by atoms with Gasteiger partial charge in [-0.3, -0.25) is 9.59 Å². The largest absolute Gasteiger partial charge is 0.481 e. The van der Waals surface area contributed by atoms with E-state index in [4.69, 9.17) is 14.7 Å². The van der Waals surface area contributed by atoms with Crippen LogP contribution in [-0.2, 0) is 19.1 Å². The highest BCUT2D eigenvalue weighted by molar-refractivity contribution is 5.86. The van der Waals surface area contributed by atoms with Crippen LogP contribution in [0.2, 0.25) is 0 Å². The van der Waals surface area contributed by atoms with E-state index >= 15 is 0 Å². The average molecular weight is 333 g/mol. The summed E-state index contributed by atoms with van der Waals surface area (Å²) in [4.78, 5) is 34.3. The lowest BCUT2D eigenvalue weighted by Crippen LogP contribution is -2.41. The molecule has 0 aromatic heterocycles. The molecule has 0 atom stereocenters. The molecule has 0 radical (unpaired) electrons. The van der Waals surface area contributed by atoms with Gasteiger partial charge in [-0.15, -0.1) is 0 Å². The van der Waals surface area contributed by atoms with E-state index in [2.05, 4.69) is 10.6 Å². The van der Waals surface area contributed by atoms with Gasteiger partial charge in [-0.1, -0.05) is 12.1 Å². The van der Waals surface area contributed by atoms with Crippen LogP contribution in [0.4, 0.5) is 0 Å². The van der Waals surface area contributed by atoms with E-state index in [1.807, 2.05) is 6.07 Å². The van der Waals surface area contributed by atoms with Crippen LogP contribution in [0, 0.1) is 11.3 Å². The number of nitrogens with zero attached hydrogens (tertiary/aromatic N) is 1. The van der Waals surface area contributed by atoms with Crippen molar-refractivity contribution in [2.75, 3.05) is 19.8 Å². The Balaban J connectivity index is 2.27. The Morgan fingerprint density at radius 1 is 1.17 bits per heavy atom. The number of ether oxygens (including phenoxy) is 2.